The van der Waals surface area contributed by atoms with Crippen LogP contribution in [-0.4, -0.2) is 20.8 Å². The van der Waals surface area contributed by atoms with Crippen LogP contribution in [0.15, 0.2) is 54.3 Å². The van der Waals surface area contributed by atoms with E-state index >= 15 is 0 Å². The zero-order chi connectivity index (χ0) is 18.0. The molecule has 4 nitrogen and oxygen atoms in total. The molecule has 3 aromatic rings. The van der Waals surface area contributed by atoms with E-state index in [4.69, 9.17) is 0 Å². The Hall–Kier alpha value is -3.08. The lowest BCUT2D eigenvalue weighted by Crippen LogP contribution is -1.98. The Morgan fingerprint density at radius 1 is 1.24 bits per heavy atom. The average molecular weight is 334 g/mol. The van der Waals surface area contributed by atoms with Crippen LogP contribution < -0.4 is 0 Å². The summed E-state index contributed by atoms with van der Waals surface area (Å²) in [6.07, 6.45) is 6.99. The third-order valence-corrected chi connectivity index (χ3v) is 4.01. The number of hydrogen-bond acceptors (Lipinski definition) is 3. The van der Waals surface area contributed by atoms with Crippen LogP contribution in [0.1, 0.15) is 29.3 Å². The zero-order valence-electron chi connectivity index (χ0n) is 14.5. The average Bonchev–Trinajstić information content (AvgIpc) is 3.06. The maximum atomic E-state index is 13.9. The second-order valence-corrected chi connectivity index (χ2v) is 5.72. The molecule has 2 aromatic heterocycles. The van der Waals surface area contributed by atoms with Gasteiger partial charge in [-0.15, -0.1) is 0 Å². The van der Waals surface area contributed by atoms with Crippen LogP contribution in [0.3, 0.4) is 0 Å². The van der Waals surface area contributed by atoms with Gasteiger partial charge in [-0.25, -0.2) is 13.9 Å². The fourth-order valence-electron chi connectivity index (χ4n) is 2.73. The Morgan fingerprint density at radius 3 is 2.76 bits per heavy atom. The molecule has 0 N–H and O–H groups in total. The number of aromatic nitrogens is 3. The molecule has 0 spiro atoms. The van der Waals surface area contributed by atoms with Gasteiger partial charge in [0.1, 0.15) is 5.82 Å². The van der Waals surface area contributed by atoms with E-state index in [2.05, 4.69) is 21.7 Å². The van der Waals surface area contributed by atoms with E-state index in [1.165, 1.54) is 6.07 Å². The predicted octanol–water partition coefficient (Wildman–Crippen LogP) is 4.63. The highest BCUT2D eigenvalue weighted by Crippen LogP contribution is 2.31. The van der Waals surface area contributed by atoms with Crippen LogP contribution in [-0.2, 0) is 0 Å². The fraction of sp³-hybridized carbons (Fsp3) is 0.150. The zero-order valence-corrected chi connectivity index (χ0v) is 14.5. The summed E-state index contributed by atoms with van der Waals surface area (Å²) in [4.78, 5) is 9.17. The lowest BCUT2D eigenvalue weighted by atomic mass is 9.97. The number of hydrogen-bond donors (Lipinski definition) is 0. The van der Waals surface area contributed by atoms with E-state index in [0.29, 0.717) is 5.56 Å². The summed E-state index contributed by atoms with van der Waals surface area (Å²) < 4.78 is 15.6. The molecule has 0 saturated heterocycles. The first-order valence-corrected chi connectivity index (χ1v) is 7.98. The largest absolute Gasteiger partial charge is 0.260 e. The molecule has 5 heteroatoms. The van der Waals surface area contributed by atoms with Crippen molar-refractivity contribution in [1.29, 1.82) is 0 Å². The first-order chi connectivity index (χ1) is 12.0. The number of fused-ring (bicyclic) bond motifs is 1. The maximum Gasteiger partial charge on any atom is 0.155 e. The minimum atomic E-state index is -0.222. The molecule has 3 rings (SSSR count). The number of aryl methyl sites for hydroxylation is 2. The summed E-state index contributed by atoms with van der Waals surface area (Å²) in [5, 5.41) is 4.16. The summed E-state index contributed by atoms with van der Waals surface area (Å²) in [6, 6.07) is 7.05. The second kappa shape index (κ2) is 6.81. The second-order valence-electron chi connectivity index (χ2n) is 5.72. The topological polar surface area (TPSA) is 42.5 Å². The van der Waals surface area contributed by atoms with Crippen molar-refractivity contribution in [3.8, 4) is 0 Å². The number of nitrogens with zero attached hydrogens (tertiary/aromatic N) is 4. The van der Waals surface area contributed by atoms with Crippen molar-refractivity contribution in [3.63, 3.8) is 0 Å². The molecule has 1 aromatic carbocycles. The lowest BCUT2D eigenvalue weighted by Gasteiger charge is -2.13. The minimum absolute atomic E-state index is 0.222. The van der Waals surface area contributed by atoms with E-state index in [1.54, 1.807) is 29.9 Å². The molecule has 0 atom stereocenters. The maximum absolute atomic E-state index is 13.9. The van der Waals surface area contributed by atoms with Crippen molar-refractivity contribution in [2.45, 2.75) is 20.8 Å². The Kier molecular flexibility index (Phi) is 4.57. The Balaban J connectivity index is 2.28. The molecule has 0 aliphatic carbocycles. The summed E-state index contributed by atoms with van der Waals surface area (Å²) >= 11 is 0. The molecule has 0 amide bonds. The monoisotopic (exact) mass is 334 g/mol. The lowest BCUT2D eigenvalue weighted by molar-refractivity contribution is 0.617. The molecule has 0 aliphatic rings. The van der Waals surface area contributed by atoms with Crippen molar-refractivity contribution >= 4 is 23.1 Å². The van der Waals surface area contributed by atoms with Gasteiger partial charge < -0.3 is 0 Å². The van der Waals surface area contributed by atoms with Crippen LogP contribution in [0, 0.1) is 19.7 Å². The van der Waals surface area contributed by atoms with Gasteiger partial charge in [0.05, 0.1) is 17.6 Å². The van der Waals surface area contributed by atoms with E-state index in [9.17, 15) is 4.39 Å². The molecule has 25 heavy (non-hydrogen) atoms. The van der Waals surface area contributed by atoms with Crippen molar-refractivity contribution in [3.05, 3.63) is 77.5 Å². The van der Waals surface area contributed by atoms with E-state index in [0.717, 1.165) is 33.7 Å². The summed E-state index contributed by atoms with van der Waals surface area (Å²) in [5.74, 6) is -0.222. The highest BCUT2D eigenvalue weighted by atomic mass is 19.1. The van der Waals surface area contributed by atoms with E-state index in [1.807, 2.05) is 38.2 Å². The highest BCUT2D eigenvalue weighted by molar-refractivity contribution is 5.96. The highest BCUT2D eigenvalue weighted by Gasteiger charge is 2.14. The van der Waals surface area contributed by atoms with Crippen molar-refractivity contribution in [2.24, 2.45) is 4.99 Å². The third kappa shape index (κ3) is 3.13. The third-order valence-electron chi connectivity index (χ3n) is 4.01. The Labute approximate surface area is 146 Å². The van der Waals surface area contributed by atoms with E-state index < -0.39 is 0 Å². The fourth-order valence-corrected chi connectivity index (χ4v) is 2.73. The normalized spacial score (nSPS) is 12.6. The van der Waals surface area contributed by atoms with Gasteiger partial charge >= 0.3 is 0 Å². The molecule has 0 aliphatic heterocycles. The van der Waals surface area contributed by atoms with Crippen LogP contribution in [0.5, 0.6) is 0 Å². The number of halogens is 1. The first kappa shape index (κ1) is 16.8. The van der Waals surface area contributed by atoms with Crippen LogP contribution in [0.4, 0.5) is 4.39 Å². The molecule has 0 fully saturated rings. The van der Waals surface area contributed by atoms with Gasteiger partial charge in [-0.1, -0.05) is 12.7 Å². The number of benzene rings is 1. The van der Waals surface area contributed by atoms with Gasteiger partial charge in [-0.3, -0.25) is 4.99 Å². The summed E-state index contributed by atoms with van der Waals surface area (Å²) in [6.45, 7) is 9.40. The smallest absolute Gasteiger partial charge is 0.155 e. The molecular weight excluding hydrogens is 315 g/mol. The minimum Gasteiger partial charge on any atom is -0.260 e. The molecule has 0 unspecified atom stereocenters. The van der Waals surface area contributed by atoms with Gasteiger partial charge in [0.25, 0.3) is 0 Å². The molecule has 2 heterocycles. The van der Waals surface area contributed by atoms with Gasteiger partial charge in [0.2, 0.25) is 0 Å². The molecule has 0 saturated carbocycles. The van der Waals surface area contributed by atoms with Crippen LogP contribution >= 0.6 is 0 Å². The molecule has 0 bridgehead atoms. The van der Waals surface area contributed by atoms with Gasteiger partial charge in [0, 0.05) is 29.6 Å². The van der Waals surface area contributed by atoms with Crippen molar-refractivity contribution < 1.29 is 4.39 Å². The SMILES string of the molecule is C=C/C(=C(\N=C/C)c1cc(C)c(F)cc1C)c1ccn2nccc2n1. The molecule has 126 valence electrons. The number of rotatable bonds is 4. The van der Waals surface area contributed by atoms with Crippen LogP contribution in [0.2, 0.25) is 0 Å². The Bertz CT molecular complexity index is 1010. The predicted molar refractivity (Wildman–Crippen MR) is 100 cm³/mol. The quantitative estimate of drug-likeness (QED) is 0.516. The first-order valence-electron chi connectivity index (χ1n) is 7.98. The van der Waals surface area contributed by atoms with Crippen molar-refractivity contribution in [1.82, 2.24) is 14.6 Å². The summed E-state index contributed by atoms with van der Waals surface area (Å²) in [7, 11) is 0. The van der Waals surface area contributed by atoms with Gasteiger partial charge in [-0.05, 0) is 50.1 Å². The van der Waals surface area contributed by atoms with Crippen LogP contribution in [0.25, 0.3) is 16.9 Å². The Morgan fingerprint density at radius 2 is 2.04 bits per heavy atom. The number of aliphatic imine (C=N–C) groups is 1. The molecular formula is C20H19FN4. The van der Waals surface area contributed by atoms with Gasteiger partial charge in [-0.2, -0.15) is 5.10 Å². The van der Waals surface area contributed by atoms with E-state index in [-0.39, 0.29) is 5.82 Å². The van der Waals surface area contributed by atoms with Gasteiger partial charge in [0.15, 0.2) is 5.65 Å². The number of allylic oxidation sites excluding steroid dienone is 2. The molecule has 0 radical (unpaired) electrons. The van der Waals surface area contributed by atoms with Crippen molar-refractivity contribution in [2.75, 3.05) is 0 Å². The summed E-state index contributed by atoms with van der Waals surface area (Å²) in [5.41, 5.74) is 5.24. The standard InChI is InChI=1S/C20H19FN4/c1-5-15(18-8-10-25-19(24-18)7-9-23-25)20(22-6-2)16-11-14(4)17(21)12-13(16)3/h5-12H,1H2,2-4H3/b20-15+,22-6-.